The minimum absolute atomic E-state index is 0.263. The monoisotopic (exact) mass is 326 g/mol. The number of nitrogens with zero attached hydrogens (tertiary/aromatic N) is 3. The van der Waals surface area contributed by atoms with Gasteiger partial charge in [-0.15, -0.1) is 5.11 Å². The predicted octanol–water partition coefficient (Wildman–Crippen LogP) is 4.85. The number of aromatic nitrogens is 2. The van der Waals surface area contributed by atoms with Crippen LogP contribution in [-0.4, -0.2) is 9.78 Å². The van der Waals surface area contributed by atoms with E-state index in [9.17, 15) is 4.79 Å². The molecule has 116 valence electrons. The van der Waals surface area contributed by atoms with Gasteiger partial charge in [0, 0.05) is 5.02 Å². The molecule has 0 saturated carbocycles. The van der Waals surface area contributed by atoms with Gasteiger partial charge in [-0.25, -0.2) is 4.68 Å². The van der Waals surface area contributed by atoms with E-state index in [0.717, 1.165) is 5.56 Å². The fourth-order valence-corrected chi connectivity index (χ4v) is 2.43. The van der Waals surface area contributed by atoms with Crippen LogP contribution in [0, 0.1) is 13.8 Å². The Morgan fingerprint density at radius 2 is 1.83 bits per heavy atom. The second-order valence-corrected chi connectivity index (χ2v) is 5.68. The summed E-state index contributed by atoms with van der Waals surface area (Å²) in [6, 6.07) is 14.7. The second-order valence-electron chi connectivity index (χ2n) is 5.24. The number of azo groups is 1. The van der Waals surface area contributed by atoms with E-state index in [1.807, 2.05) is 31.2 Å². The van der Waals surface area contributed by atoms with Crippen LogP contribution in [0.15, 0.2) is 63.6 Å². The third-order valence-corrected chi connectivity index (χ3v) is 3.61. The molecule has 0 aliphatic rings. The Labute approximate surface area is 138 Å². The predicted molar refractivity (Wildman–Crippen MR) is 91.5 cm³/mol. The Balaban J connectivity index is 2.00. The lowest BCUT2D eigenvalue weighted by Crippen LogP contribution is -2.13. The molecule has 1 aromatic heterocycles. The molecular weight excluding hydrogens is 312 g/mol. The molecule has 3 aromatic rings. The zero-order valence-corrected chi connectivity index (χ0v) is 13.5. The zero-order valence-electron chi connectivity index (χ0n) is 12.7. The van der Waals surface area contributed by atoms with Crippen molar-refractivity contribution < 1.29 is 0 Å². The van der Waals surface area contributed by atoms with Crippen LogP contribution in [0.3, 0.4) is 0 Å². The molecule has 0 aliphatic heterocycles. The number of benzene rings is 2. The van der Waals surface area contributed by atoms with Crippen LogP contribution in [0.25, 0.3) is 5.69 Å². The number of hydrogen-bond acceptors (Lipinski definition) is 3. The average molecular weight is 327 g/mol. The summed E-state index contributed by atoms with van der Waals surface area (Å²) in [6.07, 6.45) is 0. The van der Waals surface area contributed by atoms with Crippen molar-refractivity contribution in [3.05, 3.63) is 75.2 Å². The third-order valence-electron chi connectivity index (χ3n) is 3.37. The summed E-state index contributed by atoms with van der Waals surface area (Å²) in [7, 11) is 0. The molecule has 0 fully saturated rings. The summed E-state index contributed by atoms with van der Waals surface area (Å²) in [6.45, 7) is 3.76. The third kappa shape index (κ3) is 3.24. The number of rotatable bonds is 3. The minimum Gasteiger partial charge on any atom is -0.293 e. The Morgan fingerprint density at radius 3 is 2.57 bits per heavy atom. The van der Waals surface area contributed by atoms with Crippen LogP contribution >= 0.6 is 11.6 Å². The maximum absolute atomic E-state index is 12.5. The molecular formula is C17H15ClN4O. The first-order valence-electron chi connectivity index (χ1n) is 7.10. The van der Waals surface area contributed by atoms with Crippen molar-refractivity contribution in [2.45, 2.75) is 13.8 Å². The van der Waals surface area contributed by atoms with Gasteiger partial charge in [0.25, 0.3) is 5.56 Å². The van der Waals surface area contributed by atoms with E-state index in [4.69, 9.17) is 11.6 Å². The fourth-order valence-electron chi connectivity index (χ4n) is 2.25. The summed E-state index contributed by atoms with van der Waals surface area (Å²) in [5.74, 6) is 0. The molecule has 0 saturated heterocycles. The molecule has 0 spiro atoms. The van der Waals surface area contributed by atoms with Crippen LogP contribution in [0.2, 0.25) is 5.02 Å². The average Bonchev–Trinajstić information content (AvgIpc) is 2.80. The molecule has 1 N–H and O–H groups in total. The van der Waals surface area contributed by atoms with E-state index in [1.54, 1.807) is 31.2 Å². The van der Waals surface area contributed by atoms with Gasteiger partial charge < -0.3 is 0 Å². The summed E-state index contributed by atoms with van der Waals surface area (Å²) >= 11 is 5.98. The van der Waals surface area contributed by atoms with Gasteiger partial charge in [-0.2, -0.15) is 5.11 Å². The van der Waals surface area contributed by atoms with E-state index in [1.165, 1.54) is 4.68 Å². The maximum atomic E-state index is 12.5. The van der Waals surface area contributed by atoms with Crippen molar-refractivity contribution in [1.29, 1.82) is 0 Å². The molecule has 2 aromatic carbocycles. The fraction of sp³-hybridized carbons (Fsp3) is 0.118. The molecule has 6 heteroatoms. The Kier molecular flexibility index (Phi) is 4.12. The second kappa shape index (κ2) is 6.22. The smallest absolute Gasteiger partial charge is 0.293 e. The van der Waals surface area contributed by atoms with Crippen molar-refractivity contribution in [3.63, 3.8) is 0 Å². The normalized spacial score (nSPS) is 11.3. The van der Waals surface area contributed by atoms with Crippen molar-refractivity contribution >= 4 is 23.0 Å². The summed E-state index contributed by atoms with van der Waals surface area (Å²) in [5.41, 5.74) is 3.12. The van der Waals surface area contributed by atoms with Crippen molar-refractivity contribution in [2.24, 2.45) is 10.2 Å². The zero-order chi connectivity index (χ0) is 16.4. The topological polar surface area (TPSA) is 62.5 Å². The van der Waals surface area contributed by atoms with Crippen molar-refractivity contribution in [1.82, 2.24) is 9.78 Å². The number of hydrogen-bond donors (Lipinski definition) is 1. The molecule has 0 radical (unpaired) electrons. The van der Waals surface area contributed by atoms with E-state index in [2.05, 4.69) is 15.3 Å². The quantitative estimate of drug-likeness (QED) is 0.687. The van der Waals surface area contributed by atoms with Crippen LogP contribution in [0.5, 0.6) is 0 Å². The molecule has 23 heavy (non-hydrogen) atoms. The van der Waals surface area contributed by atoms with Crippen LogP contribution in [0.1, 0.15) is 11.3 Å². The van der Waals surface area contributed by atoms with Crippen LogP contribution < -0.4 is 5.56 Å². The van der Waals surface area contributed by atoms with Crippen LogP contribution in [-0.2, 0) is 0 Å². The molecule has 3 rings (SSSR count). The molecule has 5 nitrogen and oxygen atoms in total. The summed E-state index contributed by atoms with van der Waals surface area (Å²) in [5, 5.41) is 11.8. The molecule has 0 amide bonds. The Bertz CT molecular complexity index is 940. The van der Waals surface area contributed by atoms with Gasteiger partial charge >= 0.3 is 0 Å². The molecule has 0 aliphatic carbocycles. The highest BCUT2D eigenvalue weighted by Crippen LogP contribution is 2.20. The largest absolute Gasteiger partial charge is 0.299 e. The molecule has 0 atom stereocenters. The number of nitrogens with one attached hydrogen (secondary N) is 1. The lowest BCUT2D eigenvalue weighted by atomic mass is 10.2. The number of aryl methyl sites for hydroxylation is 2. The Morgan fingerprint density at radius 1 is 1.04 bits per heavy atom. The van der Waals surface area contributed by atoms with E-state index in [-0.39, 0.29) is 11.2 Å². The van der Waals surface area contributed by atoms with Gasteiger partial charge in [0.05, 0.1) is 17.1 Å². The lowest BCUT2D eigenvalue weighted by molar-refractivity contribution is 0.835. The SMILES string of the molecule is Cc1cccc(N=Nc2c(C)[nH]n(-c3cccc(Cl)c3)c2=O)c1. The first-order chi connectivity index (χ1) is 11.0. The van der Waals surface area contributed by atoms with Gasteiger partial charge in [-0.3, -0.25) is 9.89 Å². The van der Waals surface area contributed by atoms with Gasteiger partial charge in [0.1, 0.15) is 0 Å². The number of aromatic amines is 1. The Hall–Kier alpha value is -2.66. The molecule has 0 unspecified atom stereocenters. The molecule has 1 heterocycles. The summed E-state index contributed by atoms with van der Waals surface area (Å²) < 4.78 is 1.41. The summed E-state index contributed by atoms with van der Waals surface area (Å²) in [4.78, 5) is 12.5. The highest BCUT2D eigenvalue weighted by Gasteiger charge is 2.12. The highest BCUT2D eigenvalue weighted by atomic mass is 35.5. The van der Waals surface area contributed by atoms with E-state index < -0.39 is 0 Å². The lowest BCUT2D eigenvalue weighted by Gasteiger charge is -2.00. The number of H-pyrrole nitrogens is 1. The standard InChI is InChI=1S/C17H15ClN4O/c1-11-5-3-7-14(9-11)19-20-16-12(2)21-22(17(16)23)15-8-4-6-13(18)10-15/h3-10,21H,1-2H3. The first-order valence-corrected chi connectivity index (χ1v) is 7.48. The van der Waals surface area contributed by atoms with Crippen LogP contribution in [0.4, 0.5) is 11.4 Å². The number of halogens is 1. The van der Waals surface area contributed by atoms with Gasteiger partial charge in [-0.1, -0.05) is 29.8 Å². The van der Waals surface area contributed by atoms with Crippen molar-refractivity contribution in [2.75, 3.05) is 0 Å². The van der Waals surface area contributed by atoms with Gasteiger partial charge in [0.15, 0.2) is 5.69 Å². The van der Waals surface area contributed by atoms with Gasteiger partial charge in [-0.05, 0) is 49.7 Å². The maximum Gasteiger partial charge on any atom is 0.299 e. The van der Waals surface area contributed by atoms with Gasteiger partial charge in [0.2, 0.25) is 0 Å². The first kappa shape index (κ1) is 15.2. The minimum atomic E-state index is -0.263. The van der Waals surface area contributed by atoms with E-state index >= 15 is 0 Å². The van der Waals surface area contributed by atoms with E-state index in [0.29, 0.717) is 22.1 Å². The molecule has 0 bridgehead atoms. The van der Waals surface area contributed by atoms with Crippen molar-refractivity contribution in [3.8, 4) is 5.69 Å². The highest BCUT2D eigenvalue weighted by molar-refractivity contribution is 6.30.